The fraction of sp³-hybridized carbons (Fsp3) is 0.310. The van der Waals surface area contributed by atoms with Gasteiger partial charge in [-0.1, -0.05) is 70.3 Å². The molecular formula is C29H33BrClN3O4S. The maximum Gasteiger partial charge on any atom is 0.264 e. The number of carbonyl (C=O) groups excluding carboxylic acids is 2. The van der Waals surface area contributed by atoms with Gasteiger partial charge in [-0.05, 0) is 75.2 Å². The van der Waals surface area contributed by atoms with Crippen LogP contribution < -0.4 is 9.62 Å². The van der Waals surface area contributed by atoms with E-state index in [1.807, 2.05) is 45.0 Å². The van der Waals surface area contributed by atoms with Crippen LogP contribution in [0, 0.1) is 6.92 Å². The number of carbonyl (C=O) groups is 2. The molecule has 0 aliphatic rings. The smallest absolute Gasteiger partial charge is 0.264 e. The molecule has 3 rings (SSSR count). The molecule has 39 heavy (non-hydrogen) atoms. The molecule has 3 aromatic carbocycles. The fourth-order valence-electron chi connectivity index (χ4n) is 3.83. The SMILES string of the molecule is CC[C@@H](C)NC(=O)[C@H](C)N(Cc1ccc(Br)cc1)C(=O)CN(c1cccc(Cl)c1)S(=O)(=O)c1ccc(C)cc1. The van der Waals surface area contributed by atoms with Crippen molar-refractivity contribution in [1.29, 1.82) is 0 Å². The first-order valence-electron chi connectivity index (χ1n) is 12.6. The monoisotopic (exact) mass is 633 g/mol. The van der Waals surface area contributed by atoms with Gasteiger partial charge in [-0.2, -0.15) is 0 Å². The van der Waals surface area contributed by atoms with Crippen LogP contribution in [0.25, 0.3) is 0 Å². The topological polar surface area (TPSA) is 86.8 Å². The molecule has 1 N–H and O–H groups in total. The second-order valence-corrected chi connectivity index (χ2v) is 12.7. The second kappa shape index (κ2) is 13.5. The Balaban J connectivity index is 2.02. The molecule has 10 heteroatoms. The fourth-order valence-corrected chi connectivity index (χ4v) is 5.69. The van der Waals surface area contributed by atoms with Crippen molar-refractivity contribution in [1.82, 2.24) is 10.2 Å². The average molecular weight is 635 g/mol. The summed E-state index contributed by atoms with van der Waals surface area (Å²) in [5, 5.41) is 3.25. The molecule has 2 atom stereocenters. The van der Waals surface area contributed by atoms with Gasteiger partial charge < -0.3 is 10.2 Å². The Kier molecular flexibility index (Phi) is 10.6. The zero-order valence-electron chi connectivity index (χ0n) is 22.4. The molecular weight excluding hydrogens is 602 g/mol. The predicted octanol–water partition coefficient (Wildman–Crippen LogP) is 5.94. The second-order valence-electron chi connectivity index (χ2n) is 9.45. The minimum absolute atomic E-state index is 0.0443. The molecule has 0 fully saturated rings. The number of nitrogens with zero attached hydrogens (tertiary/aromatic N) is 2. The van der Waals surface area contributed by atoms with Crippen LogP contribution in [0.15, 0.2) is 82.2 Å². The van der Waals surface area contributed by atoms with Crippen molar-refractivity contribution >= 4 is 55.1 Å². The summed E-state index contributed by atoms with van der Waals surface area (Å²) < 4.78 is 29.6. The van der Waals surface area contributed by atoms with E-state index in [0.29, 0.717) is 5.02 Å². The van der Waals surface area contributed by atoms with E-state index in [0.717, 1.165) is 26.3 Å². The molecule has 0 saturated heterocycles. The molecule has 0 heterocycles. The standard InChI is InChI=1S/C29H33BrClN3O4S/c1-5-21(3)32-29(36)22(4)33(18-23-11-13-24(30)14-12-23)28(35)19-34(26-8-6-7-25(31)17-26)39(37,38)27-15-9-20(2)10-16-27/h6-17,21-22H,5,18-19H2,1-4H3,(H,32,36)/t21-,22+/m1/s1. The number of benzene rings is 3. The highest BCUT2D eigenvalue weighted by Gasteiger charge is 2.32. The summed E-state index contributed by atoms with van der Waals surface area (Å²) in [5.74, 6) is -0.842. The first-order chi connectivity index (χ1) is 18.4. The molecule has 208 valence electrons. The first kappa shape index (κ1) is 30.7. The Morgan fingerprint density at radius 2 is 1.64 bits per heavy atom. The molecule has 0 saturated carbocycles. The van der Waals surface area contributed by atoms with Crippen LogP contribution in [-0.4, -0.2) is 43.8 Å². The quantitative estimate of drug-likeness (QED) is 0.283. The van der Waals surface area contributed by atoms with Gasteiger partial charge in [0, 0.05) is 22.1 Å². The maximum atomic E-state index is 13.9. The molecule has 0 aromatic heterocycles. The maximum absolute atomic E-state index is 13.9. The van der Waals surface area contributed by atoms with Crippen molar-refractivity contribution in [2.24, 2.45) is 0 Å². The summed E-state index contributed by atoms with van der Waals surface area (Å²) in [4.78, 5) is 28.5. The predicted molar refractivity (Wildman–Crippen MR) is 159 cm³/mol. The van der Waals surface area contributed by atoms with Gasteiger partial charge in [0.2, 0.25) is 11.8 Å². The molecule has 0 unspecified atom stereocenters. The minimum Gasteiger partial charge on any atom is -0.352 e. The van der Waals surface area contributed by atoms with E-state index < -0.39 is 28.5 Å². The van der Waals surface area contributed by atoms with Crippen LogP contribution in [0.5, 0.6) is 0 Å². The van der Waals surface area contributed by atoms with Crippen molar-refractivity contribution < 1.29 is 18.0 Å². The highest BCUT2D eigenvalue weighted by atomic mass is 79.9. The summed E-state index contributed by atoms with van der Waals surface area (Å²) in [6.07, 6.45) is 0.733. The molecule has 0 aliphatic heterocycles. The van der Waals surface area contributed by atoms with Crippen LogP contribution in [0.3, 0.4) is 0 Å². The first-order valence-corrected chi connectivity index (χ1v) is 15.2. The summed E-state index contributed by atoms with van der Waals surface area (Å²) in [7, 11) is -4.14. The van der Waals surface area contributed by atoms with Crippen LogP contribution in [0.2, 0.25) is 5.02 Å². The largest absolute Gasteiger partial charge is 0.352 e. The van der Waals surface area contributed by atoms with Crippen LogP contribution in [0.4, 0.5) is 5.69 Å². The van der Waals surface area contributed by atoms with Crippen molar-refractivity contribution in [2.75, 3.05) is 10.8 Å². The number of hydrogen-bond acceptors (Lipinski definition) is 4. The lowest BCUT2D eigenvalue weighted by atomic mass is 10.1. The van der Waals surface area contributed by atoms with E-state index >= 15 is 0 Å². The zero-order valence-corrected chi connectivity index (χ0v) is 25.6. The summed E-state index contributed by atoms with van der Waals surface area (Å²) in [5.41, 5.74) is 1.95. The molecule has 2 amide bonds. The summed E-state index contributed by atoms with van der Waals surface area (Å²) in [6, 6.07) is 19.2. The highest BCUT2D eigenvalue weighted by molar-refractivity contribution is 9.10. The molecule has 0 radical (unpaired) electrons. The van der Waals surface area contributed by atoms with Crippen LogP contribution in [-0.2, 0) is 26.2 Å². The zero-order chi connectivity index (χ0) is 28.7. The number of halogens is 2. The summed E-state index contributed by atoms with van der Waals surface area (Å²) >= 11 is 9.62. The van der Waals surface area contributed by atoms with E-state index in [-0.39, 0.29) is 29.1 Å². The normalized spacial score (nSPS) is 12.9. The average Bonchev–Trinajstić information content (AvgIpc) is 2.90. The number of amides is 2. The number of aryl methyl sites for hydroxylation is 1. The van der Waals surface area contributed by atoms with E-state index in [1.165, 1.54) is 23.1 Å². The van der Waals surface area contributed by atoms with Gasteiger partial charge in [0.1, 0.15) is 12.6 Å². The van der Waals surface area contributed by atoms with Gasteiger partial charge in [-0.15, -0.1) is 0 Å². The van der Waals surface area contributed by atoms with E-state index in [9.17, 15) is 18.0 Å². The summed E-state index contributed by atoms with van der Waals surface area (Å²) in [6.45, 7) is 6.95. The third-order valence-corrected chi connectivity index (χ3v) is 8.97. The van der Waals surface area contributed by atoms with Crippen LogP contribution >= 0.6 is 27.5 Å². The van der Waals surface area contributed by atoms with E-state index in [1.54, 1.807) is 37.3 Å². The van der Waals surface area contributed by atoms with Crippen molar-refractivity contribution in [2.45, 2.75) is 57.6 Å². The van der Waals surface area contributed by atoms with Crippen molar-refractivity contribution in [3.05, 3.63) is 93.4 Å². The highest BCUT2D eigenvalue weighted by Crippen LogP contribution is 2.27. The van der Waals surface area contributed by atoms with E-state index in [2.05, 4.69) is 21.2 Å². The van der Waals surface area contributed by atoms with Gasteiger partial charge in [-0.25, -0.2) is 8.42 Å². The van der Waals surface area contributed by atoms with E-state index in [4.69, 9.17) is 11.6 Å². The Labute approximate surface area is 244 Å². The number of anilines is 1. The van der Waals surface area contributed by atoms with Crippen molar-refractivity contribution in [3.8, 4) is 0 Å². The lowest BCUT2D eigenvalue weighted by Crippen LogP contribution is -2.52. The minimum atomic E-state index is -4.14. The van der Waals surface area contributed by atoms with Gasteiger partial charge in [0.25, 0.3) is 10.0 Å². The number of rotatable bonds is 11. The molecule has 0 aliphatic carbocycles. The lowest BCUT2D eigenvalue weighted by molar-refractivity contribution is -0.139. The Morgan fingerprint density at radius 1 is 1.00 bits per heavy atom. The third kappa shape index (κ3) is 8.06. The Hall–Kier alpha value is -2.88. The lowest BCUT2D eigenvalue weighted by Gasteiger charge is -2.32. The van der Waals surface area contributed by atoms with Gasteiger partial charge in [-0.3, -0.25) is 13.9 Å². The van der Waals surface area contributed by atoms with Gasteiger partial charge >= 0.3 is 0 Å². The number of sulfonamides is 1. The number of nitrogens with one attached hydrogen (secondary N) is 1. The van der Waals surface area contributed by atoms with Gasteiger partial charge in [0.15, 0.2) is 0 Å². The molecule has 7 nitrogen and oxygen atoms in total. The third-order valence-electron chi connectivity index (χ3n) is 6.42. The van der Waals surface area contributed by atoms with Gasteiger partial charge in [0.05, 0.1) is 10.6 Å². The molecule has 3 aromatic rings. The Bertz CT molecular complexity index is 1400. The molecule has 0 bridgehead atoms. The molecule has 0 spiro atoms. The van der Waals surface area contributed by atoms with Crippen molar-refractivity contribution in [3.63, 3.8) is 0 Å². The Morgan fingerprint density at radius 3 is 2.23 bits per heavy atom. The van der Waals surface area contributed by atoms with Crippen LogP contribution in [0.1, 0.15) is 38.3 Å². The number of hydrogen-bond donors (Lipinski definition) is 1.